The van der Waals surface area contributed by atoms with Gasteiger partial charge in [-0.05, 0) is 12.8 Å². The Bertz CT molecular complexity index is 474. The summed E-state index contributed by atoms with van der Waals surface area (Å²) < 4.78 is 5.61. The largest absolute Gasteiger partial charge is 0.381 e. The third kappa shape index (κ3) is 5.19. The molecule has 1 amide bonds. The number of halogens is 1. The van der Waals surface area contributed by atoms with Crippen LogP contribution in [0.25, 0.3) is 0 Å². The summed E-state index contributed by atoms with van der Waals surface area (Å²) >= 11 is 0. The molecule has 1 atom stereocenters. The molecule has 0 aromatic carbocycles. The van der Waals surface area contributed by atoms with E-state index in [0.29, 0.717) is 5.41 Å². The lowest BCUT2D eigenvalue weighted by Crippen LogP contribution is -2.50. The molecule has 3 rings (SSSR count). The average Bonchev–Trinajstić information content (AvgIpc) is 3.22. The normalized spacial score (nSPS) is 27.7. The van der Waals surface area contributed by atoms with Crippen LogP contribution in [-0.4, -0.2) is 99.2 Å². The van der Waals surface area contributed by atoms with Gasteiger partial charge in [-0.25, -0.2) is 0 Å². The number of hydrogen-bond donors (Lipinski definition) is 1. The molecule has 0 saturated carbocycles. The Morgan fingerprint density at radius 3 is 2.52 bits per heavy atom. The van der Waals surface area contributed by atoms with Crippen LogP contribution >= 0.6 is 24.0 Å². The molecule has 1 spiro atoms. The summed E-state index contributed by atoms with van der Waals surface area (Å²) in [7, 11) is 1.87. The fourth-order valence-electron chi connectivity index (χ4n) is 4.03. The van der Waals surface area contributed by atoms with Crippen molar-refractivity contribution in [1.82, 2.24) is 20.0 Å². The molecule has 144 valence electrons. The number of aliphatic imine (C=N–C) groups is 1. The molecule has 3 heterocycles. The monoisotopic (exact) mass is 465 g/mol. The SMILES string of the molecule is CN=C(NCCN1CCN(C(C)=O)CC1)N1CCC2(CCOC2)C1.I. The predicted octanol–water partition coefficient (Wildman–Crippen LogP) is 0.456. The van der Waals surface area contributed by atoms with Crippen molar-refractivity contribution in [1.29, 1.82) is 0 Å². The van der Waals surface area contributed by atoms with E-state index in [2.05, 4.69) is 20.1 Å². The lowest BCUT2D eigenvalue weighted by molar-refractivity contribution is -0.130. The van der Waals surface area contributed by atoms with Crippen molar-refractivity contribution in [2.24, 2.45) is 10.4 Å². The Labute approximate surface area is 168 Å². The molecule has 0 aliphatic carbocycles. The smallest absolute Gasteiger partial charge is 0.219 e. The molecule has 8 heteroatoms. The highest BCUT2D eigenvalue weighted by Crippen LogP contribution is 2.38. The maximum absolute atomic E-state index is 11.4. The van der Waals surface area contributed by atoms with Crippen molar-refractivity contribution in [3.8, 4) is 0 Å². The van der Waals surface area contributed by atoms with Crippen LogP contribution in [0.5, 0.6) is 0 Å². The first-order valence-corrected chi connectivity index (χ1v) is 9.13. The summed E-state index contributed by atoms with van der Waals surface area (Å²) in [4.78, 5) is 22.5. The number of nitrogens with zero attached hydrogens (tertiary/aromatic N) is 4. The molecule has 25 heavy (non-hydrogen) atoms. The van der Waals surface area contributed by atoms with Gasteiger partial charge in [0.25, 0.3) is 0 Å². The standard InChI is InChI=1S/C17H31N5O2.HI/c1-15(23)21-10-8-20(9-11-21)7-5-19-16(18-2)22-6-3-17(13-22)4-12-24-14-17;/h3-14H2,1-2H3,(H,18,19);1H. The van der Waals surface area contributed by atoms with Crippen molar-refractivity contribution < 1.29 is 9.53 Å². The van der Waals surface area contributed by atoms with Gasteiger partial charge in [-0.2, -0.15) is 0 Å². The Morgan fingerprint density at radius 1 is 1.16 bits per heavy atom. The Morgan fingerprint density at radius 2 is 1.92 bits per heavy atom. The van der Waals surface area contributed by atoms with Crippen LogP contribution in [0.1, 0.15) is 19.8 Å². The number of rotatable bonds is 3. The van der Waals surface area contributed by atoms with Gasteiger partial charge in [0.15, 0.2) is 5.96 Å². The van der Waals surface area contributed by atoms with Gasteiger partial charge in [0, 0.05) is 78.4 Å². The highest BCUT2D eigenvalue weighted by molar-refractivity contribution is 14.0. The molecular formula is C17H32IN5O2. The summed E-state index contributed by atoms with van der Waals surface area (Å²) in [5, 5.41) is 3.51. The van der Waals surface area contributed by atoms with Gasteiger partial charge in [0.05, 0.1) is 6.61 Å². The summed E-state index contributed by atoms with van der Waals surface area (Å²) in [6, 6.07) is 0. The van der Waals surface area contributed by atoms with E-state index < -0.39 is 0 Å². The number of guanidine groups is 1. The molecule has 3 saturated heterocycles. The van der Waals surface area contributed by atoms with Crippen molar-refractivity contribution in [3.05, 3.63) is 0 Å². The first-order valence-electron chi connectivity index (χ1n) is 9.13. The van der Waals surface area contributed by atoms with Gasteiger partial charge < -0.3 is 19.9 Å². The molecule has 0 bridgehead atoms. The summed E-state index contributed by atoms with van der Waals surface area (Å²) in [6.07, 6.45) is 2.39. The van der Waals surface area contributed by atoms with Gasteiger partial charge in [0.2, 0.25) is 5.91 Å². The van der Waals surface area contributed by atoms with E-state index in [-0.39, 0.29) is 29.9 Å². The molecule has 1 N–H and O–H groups in total. The van der Waals surface area contributed by atoms with Crippen molar-refractivity contribution in [2.75, 3.05) is 72.6 Å². The minimum Gasteiger partial charge on any atom is -0.381 e. The summed E-state index contributed by atoms with van der Waals surface area (Å²) in [6.45, 7) is 11.1. The molecular weight excluding hydrogens is 433 g/mol. The van der Waals surface area contributed by atoms with Crippen molar-refractivity contribution in [2.45, 2.75) is 19.8 Å². The van der Waals surface area contributed by atoms with E-state index >= 15 is 0 Å². The van der Waals surface area contributed by atoms with Gasteiger partial charge in [-0.1, -0.05) is 0 Å². The summed E-state index contributed by atoms with van der Waals surface area (Å²) in [5.41, 5.74) is 0.362. The van der Waals surface area contributed by atoms with Gasteiger partial charge in [-0.3, -0.25) is 14.7 Å². The minimum atomic E-state index is 0. The second kappa shape index (κ2) is 9.36. The summed E-state index contributed by atoms with van der Waals surface area (Å²) in [5.74, 6) is 1.20. The van der Waals surface area contributed by atoms with E-state index in [1.54, 1.807) is 6.92 Å². The fraction of sp³-hybridized carbons (Fsp3) is 0.882. The number of hydrogen-bond acceptors (Lipinski definition) is 4. The number of nitrogens with one attached hydrogen (secondary N) is 1. The lowest BCUT2D eigenvalue weighted by Gasteiger charge is -2.34. The quantitative estimate of drug-likeness (QED) is 0.373. The van der Waals surface area contributed by atoms with E-state index in [1.807, 2.05) is 11.9 Å². The maximum atomic E-state index is 11.4. The van der Waals surface area contributed by atoms with Crippen LogP contribution in [0.2, 0.25) is 0 Å². The first kappa shape index (κ1) is 20.7. The molecule has 0 aromatic rings. The van der Waals surface area contributed by atoms with Crippen LogP contribution < -0.4 is 5.32 Å². The molecule has 0 aromatic heterocycles. The number of piperazine rings is 1. The van der Waals surface area contributed by atoms with Crippen LogP contribution in [0.15, 0.2) is 4.99 Å². The number of amides is 1. The topological polar surface area (TPSA) is 60.4 Å². The van der Waals surface area contributed by atoms with Gasteiger partial charge in [-0.15, -0.1) is 24.0 Å². The van der Waals surface area contributed by atoms with E-state index in [1.165, 1.54) is 12.8 Å². The lowest BCUT2D eigenvalue weighted by atomic mass is 9.87. The van der Waals surface area contributed by atoms with Crippen LogP contribution in [0.3, 0.4) is 0 Å². The maximum Gasteiger partial charge on any atom is 0.219 e. The Hall–Kier alpha value is -0.610. The first-order chi connectivity index (χ1) is 11.6. The van der Waals surface area contributed by atoms with Crippen LogP contribution in [0.4, 0.5) is 0 Å². The van der Waals surface area contributed by atoms with E-state index in [4.69, 9.17) is 4.74 Å². The molecule has 7 nitrogen and oxygen atoms in total. The zero-order valence-electron chi connectivity index (χ0n) is 15.5. The van der Waals surface area contributed by atoms with Crippen LogP contribution in [-0.2, 0) is 9.53 Å². The molecule has 3 aliphatic heterocycles. The Balaban J connectivity index is 0.00000225. The number of ether oxygens (including phenoxy) is 1. The zero-order chi connectivity index (χ0) is 17.0. The van der Waals surface area contributed by atoms with Crippen LogP contribution in [0, 0.1) is 5.41 Å². The predicted molar refractivity (Wildman–Crippen MR) is 110 cm³/mol. The van der Waals surface area contributed by atoms with E-state index in [9.17, 15) is 4.79 Å². The molecule has 3 aliphatic rings. The number of likely N-dealkylation sites (tertiary alicyclic amines) is 1. The van der Waals surface area contributed by atoms with Crippen molar-refractivity contribution >= 4 is 35.8 Å². The highest BCUT2D eigenvalue weighted by atomic mass is 127. The third-order valence-corrected chi connectivity index (χ3v) is 5.66. The fourth-order valence-corrected chi connectivity index (χ4v) is 4.03. The minimum absolute atomic E-state index is 0. The van der Waals surface area contributed by atoms with Gasteiger partial charge in [0.1, 0.15) is 0 Å². The second-order valence-electron chi connectivity index (χ2n) is 7.30. The number of carbonyl (C=O) groups is 1. The Kier molecular flexibility index (Phi) is 7.75. The number of carbonyl (C=O) groups excluding carboxylic acids is 1. The second-order valence-corrected chi connectivity index (χ2v) is 7.30. The highest BCUT2D eigenvalue weighted by Gasteiger charge is 2.42. The van der Waals surface area contributed by atoms with Gasteiger partial charge >= 0.3 is 0 Å². The molecule has 0 radical (unpaired) electrons. The third-order valence-electron chi connectivity index (χ3n) is 5.66. The molecule has 3 fully saturated rings. The molecule has 1 unspecified atom stereocenters. The average molecular weight is 465 g/mol. The zero-order valence-corrected chi connectivity index (χ0v) is 17.8. The van der Waals surface area contributed by atoms with Crippen molar-refractivity contribution in [3.63, 3.8) is 0 Å². The van der Waals surface area contributed by atoms with E-state index in [0.717, 1.165) is 71.5 Å².